The van der Waals surface area contributed by atoms with E-state index in [0.717, 1.165) is 33.8 Å². The zero-order valence-electron chi connectivity index (χ0n) is 37.9. The topological polar surface area (TPSA) is 181 Å². The van der Waals surface area contributed by atoms with Crippen LogP contribution >= 0.6 is 11.8 Å². The van der Waals surface area contributed by atoms with Crippen LogP contribution in [0.2, 0.25) is 0 Å². The maximum Gasteiger partial charge on any atom is 0.328 e. The van der Waals surface area contributed by atoms with Gasteiger partial charge < -0.3 is 41.0 Å². The molecule has 0 saturated heterocycles. The van der Waals surface area contributed by atoms with Gasteiger partial charge in [0, 0.05) is 0 Å². The third-order valence-electron chi connectivity index (χ3n) is 9.87. The molecule has 0 bridgehead atoms. The van der Waals surface area contributed by atoms with Crippen molar-refractivity contribution in [2.45, 2.75) is 153 Å². The smallest absolute Gasteiger partial charge is 0.328 e. The number of unbranched alkanes of at least 4 members (excludes halogenated alkanes) is 2. The van der Waals surface area contributed by atoms with Crippen molar-refractivity contribution in [1.29, 1.82) is 0 Å². The van der Waals surface area contributed by atoms with Crippen LogP contribution < -0.4 is 31.6 Å². The molecule has 332 valence electrons. The van der Waals surface area contributed by atoms with Crippen LogP contribution in [0.15, 0.2) is 46.2 Å². The molecule has 0 unspecified atom stereocenters. The Morgan fingerprint density at radius 3 is 1.25 bits per heavy atom. The molecule has 0 aromatic heterocycles. The summed E-state index contributed by atoms with van der Waals surface area (Å²) in [7, 11) is 2.58. The van der Waals surface area contributed by atoms with E-state index >= 15 is 0 Å². The number of methoxy groups -OCH3 is 2. The second-order valence-electron chi connectivity index (χ2n) is 19.1. The van der Waals surface area contributed by atoms with Crippen LogP contribution in [-0.4, -0.2) is 76.4 Å². The summed E-state index contributed by atoms with van der Waals surface area (Å²) in [6.07, 6.45) is 5.35. The Bertz CT molecular complexity index is 1560. The second kappa shape index (κ2) is 23.3. The lowest BCUT2D eigenvalue weighted by Crippen LogP contribution is -2.43. The molecule has 0 spiro atoms. The largest absolute Gasteiger partial charge is 0.483 e. The SMILES string of the molecule is COC(=O)[C@H](CCCCN)NC(=O)COc1ccc(C(C)(C)CC(C)(C)C)cc1Sc1cc(C(C)(C)CC(C)(C)C)ccc1OCC(=O)N[C@@H](CCCCN)C(=O)OC. The van der Waals surface area contributed by atoms with Gasteiger partial charge in [0.05, 0.1) is 24.0 Å². The summed E-state index contributed by atoms with van der Waals surface area (Å²) < 4.78 is 22.4. The Kier molecular flexibility index (Phi) is 20.2. The molecule has 2 rings (SSSR count). The highest BCUT2D eigenvalue weighted by Gasteiger charge is 2.31. The van der Waals surface area contributed by atoms with Crippen molar-refractivity contribution in [3.05, 3.63) is 47.5 Å². The lowest BCUT2D eigenvalue weighted by Gasteiger charge is -2.34. The number of ether oxygens (including phenoxy) is 4. The van der Waals surface area contributed by atoms with E-state index in [-0.39, 0.29) is 34.9 Å². The normalized spacial score (nSPS) is 13.3. The average molecular weight is 843 g/mol. The van der Waals surface area contributed by atoms with Crippen LogP contribution in [0.25, 0.3) is 0 Å². The van der Waals surface area contributed by atoms with Crippen molar-refractivity contribution in [3.8, 4) is 11.5 Å². The van der Waals surface area contributed by atoms with Gasteiger partial charge in [-0.3, -0.25) is 9.59 Å². The van der Waals surface area contributed by atoms with E-state index in [1.54, 1.807) is 0 Å². The minimum Gasteiger partial charge on any atom is -0.483 e. The number of amides is 2. The summed E-state index contributed by atoms with van der Waals surface area (Å²) in [6, 6.07) is 10.4. The molecule has 6 N–H and O–H groups in total. The first-order valence-electron chi connectivity index (χ1n) is 20.8. The van der Waals surface area contributed by atoms with Crippen LogP contribution in [0, 0.1) is 10.8 Å². The number of hydrogen-bond acceptors (Lipinski definition) is 11. The molecular formula is C46H74N4O8S. The molecule has 0 aliphatic heterocycles. The van der Waals surface area contributed by atoms with Gasteiger partial charge in [0.1, 0.15) is 23.6 Å². The predicted molar refractivity (Wildman–Crippen MR) is 236 cm³/mol. The zero-order chi connectivity index (χ0) is 44.6. The monoisotopic (exact) mass is 843 g/mol. The first-order valence-corrected chi connectivity index (χ1v) is 21.6. The number of benzene rings is 2. The summed E-state index contributed by atoms with van der Waals surface area (Å²) in [5.41, 5.74) is 13.2. The average Bonchev–Trinajstić information content (AvgIpc) is 3.13. The molecular weight excluding hydrogens is 769 g/mol. The first kappa shape index (κ1) is 51.3. The lowest BCUT2D eigenvalue weighted by atomic mass is 9.72. The molecule has 0 radical (unpaired) electrons. The number of carbonyl (C=O) groups excluding carboxylic acids is 4. The fourth-order valence-corrected chi connectivity index (χ4v) is 8.82. The van der Waals surface area contributed by atoms with E-state index in [1.807, 2.05) is 24.3 Å². The summed E-state index contributed by atoms with van der Waals surface area (Å²) in [5, 5.41) is 5.53. The van der Waals surface area contributed by atoms with Gasteiger partial charge in [-0.25, -0.2) is 9.59 Å². The quantitative estimate of drug-likeness (QED) is 0.0604. The molecule has 13 heteroatoms. The van der Waals surface area contributed by atoms with E-state index in [9.17, 15) is 19.2 Å². The maximum absolute atomic E-state index is 13.2. The van der Waals surface area contributed by atoms with Gasteiger partial charge in [-0.05, 0) is 122 Å². The summed E-state index contributed by atoms with van der Waals surface area (Å²) in [4.78, 5) is 53.0. The van der Waals surface area contributed by atoms with Gasteiger partial charge in [-0.2, -0.15) is 0 Å². The molecule has 59 heavy (non-hydrogen) atoms. The molecule has 0 aliphatic rings. The fraction of sp³-hybridized carbons (Fsp3) is 0.652. The molecule has 2 amide bonds. The van der Waals surface area contributed by atoms with E-state index in [1.165, 1.54) is 26.0 Å². The Morgan fingerprint density at radius 2 is 0.949 bits per heavy atom. The Labute approximate surface area is 358 Å². The molecule has 2 atom stereocenters. The number of carbonyl (C=O) groups is 4. The van der Waals surface area contributed by atoms with Gasteiger partial charge in [0.2, 0.25) is 0 Å². The summed E-state index contributed by atoms with van der Waals surface area (Å²) in [6.45, 7) is 22.5. The van der Waals surface area contributed by atoms with Crippen LogP contribution in [0.3, 0.4) is 0 Å². The van der Waals surface area contributed by atoms with Crippen molar-refractivity contribution in [1.82, 2.24) is 10.6 Å². The van der Waals surface area contributed by atoms with E-state index in [2.05, 4.69) is 92.0 Å². The molecule has 0 heterocycles. The Morgan fingerprint density at radius 1 is 0.593 bits per heavy atom. The van der Waals surface area contributed by atoms with Crippen LogP contribution in [0.1, 0.15) is 132 Å². The number of rotatable bonds is 24. The third-order valence-corrected chi connectivity index (χ3v) is 10.9. The lowest BCUT2D eigenvalue weighted by molar-refractivity contribution is -0.145. The third kappa shape index (κ3) is 18.1. The molecule has 0 saturated carbocycles. The van der Waals surface area contributed by atoms with Crippen molar-refractivity contribution >= 4 is 35.5 Å². The van der Waals surface area contributed by atoms with Crippen molar-refractivity contribution in [2.75, 3.05) is 40.5 Å². The second-order valence-corrected chi connectivity index (χ2v) is 20.2. The minimum atomic E-state index is -0.818. The summed E-state index contributed by atoms with van der Waals surface area (Å²) in [5.74, 6) is -1.04. The van der Waals surface area contributed by atoms with E-state index in [4.69, 9.17) is 30.4 Å². The van der Waals surface area contributed by atoms with Crippen LogP contribution in [0.4, 0.5) is 0 Å². The van der Waals surface area contributed by atoms with Gasteiger partial charge in [0.15, 0.2) is 13.2 Å². The van der Waals surface area contributed by atoms with Gasteiger partial charge >= 0.3 is 11.9 Å². The minimum absolute atomic E-state index is 0.0518. The number of nitrogens with one attached hydrogen (secondary N) is 2. The van der Waals surface area contributed by atoms with Crippen LogP contribution in [-0.2, 0) is 39.5 Å². The van der Waals surface area contributed by atoms with Crippen molar-refractivity contribution < 1.29 is 38.1 Å². The van der Waals surface area contributed by atoms with Crippen LogP contribution in [0.5, 0.6) is 11.5 Å². The predicted octanol–water partition coefficient (Wildman–Crippen LogP) is 7.60. The van der Waals surface area contributed by atoms with Gasteiger partial charge in [-0.15, -0.1) is 0 Å². The highest BCUT2D eigenvalue weighted by Crippen LogP contribution is 2.46. The number of hydrogen-bond donors (Lipinski definition) is 4. The zero-order valence-corrected chi connectivity index (χ0v) is 38.7. The molecule has 0 fully saturated rings. The Balaban J connectivity index is 2.62. The van der Waals surface area contributed by atoms with Crippen molar-refractivity contribution in [3.63, 3.8) is 0 Å². The molecule has 2 aromatic rings. The highest BCUT2D eigenvalue weighted by atomic mass is 32.2. The standard InChI is InChI=1S/C46H74N4O8S/c1-43(2,3)29-45(7,8)31-19-21-35(57-27-39(51)49-33(41(53)55-11)17-13-15-23-47)37(25-31)59-38-26-32(46(9,10)30-44(4,5)6)20-22-36(38)58-28-40(52)50-34(42(54)56-12)18-14-16-24-48/h19-22,25-26,33-34H,13-18,23-24,27-30,47-48H2,1-12H3,(H,49,51)(H,50,52)/t33-,34-/m0/s1. The first-order chi connectivity index (χ1) is 27.4. The number of nitrogens with two attached hydrogens (primary N) is 2. The molecule has 12 nitrogen and oxygen atoms in total. The van der Waals surface area contributed by atoms with E-state index in [0.29, 0.717) is 63.1 Å². The molecule has 0 aliphatic carbocycles. The molecule has 2 aromatic carbocycles. The fourth-order valence-electron chi connectivity index (χ4n) is 7.76. The highest BCUT2D eigenvalue weighted by molar-refractivity contribution is 7.99. The Hall–Kier alpha value is -3.81. The van der Waals surface area contributed by atoms with Gasteiger partial charge in [-0.1, -0.05) is 93.1 Å². The van der Waals surface area contributed by atoms with E-state index < -0.39 is 35.8 Å². The maximum atomic E-state index is 13.2. The number of esters is 2. The van der Waals surface area contributed by atoms with Gasteiger partial charge in [0.25, 0.3) is 11.8 Å². The van der Waals surface area contributed by atoms with Crippen molar-refractivity contribution in [2.24, 2.45) is 22.3 Å². The summed E-state index contributed by atoms with van der Waals surface area (Å²) >= 11 is 1.43.